The summed E-state index contributed by atoms with van der Waals surface area (Å²) in [5, 5.41) is 2.65. The van der Waals surface area contributed by atoms with Crippen molar-refractivity contribution in [1.29, 1.82) is 0 Å². The largest absolute Gasteiger partial charge is 0.341 e. The van der Waals surface area contributed by atoms with Crippen molar-refractivity contribution in [3.05, 3.63) is 83.9 Å². The molecule has 0 unspecified atom stereocenters. The fourth-order valence-electron chi connectivity index (χ4n) is 2.75. The van der Waals surface area contributed by atoms with Gasteiger partial charge in [0.2, 0.25) is 0 Å². The Balaban J connectivity index is 1.77. The maximum Gasteiger partial charge on any atom is 0.274 e. The summed E-state index contributed by atoms with van der Waals surface area (Å²) in [6.07, 6.45) is 1.67. The van der Waals surface area contributed by atoms with Crippen molar-refractivity contribution >= 4 is 23.0 Å². The molecule has 0 radical (unpaired) electrons. The van der Waals surface area contributed by atoms with Crippen LogP contribution in [0.5, 0.6) is 0 Å². The predicted octanol–water partition coefficient (Wildman–Crippen LogP) is 4.94. The van der Waals surface area contributed by atoms with Crippen LogP contribution < -0.4 is 10.2 Å². The molecule has 0 spiro atoms. The first-order valence-electron chi connectivity index (χ1n) is 8.44. The molecule has 0 saturated heterocycles. The summed E-state index contributed by atoms with van der Waals surface area (Å²) in [7, 11) is 0. The molecule has 0 bridgehead atoms. The number of rotatable bonds is 5. The topological polar surface area (TPSA) is 45.2 Å². The summed E-state index contributed by atoms with van der Waals surface area (Å²) in [5.74, 6) is -0.774. The summed E-state index contributed by atoms with van der Waals surface area (Å²) in [5.41, 5.74) is 3.83. The molecule has 1 amide bonds. The zero-order valence-electron chi connectivity index (χ0n) is 14.7. The van der Waals surface area contributed by atoms with Gasteiger partial charge in [-0.3, -0.25) is 4.79 Å². The van der Waals surface area contributed by atoms with Crippen LogP contribution in [0.3, 0.4) is 0 Å². The third-order valence-electron chi connectivity index (χ3n) is 4.00. The Labute approximate surface area is 152 Å². The van der Waals surface area contributed by atoms with Gasteiger partial charge in [-0.25, -0.2) is 9.37 Å². The molecule has 26 heavy (non-hydrogen) atoms. The van der Waals surface area contributed by atoms with Crippen LogP contribution in [0.1, 0.15) is 23.0 Å². The smallest absolute Gasteiger partial charge is 0.274 e. The lowest BCUT2D eigenvalue weighted by atomic mass is 10.2. The summed E-state index contributed by atoms with van der Waals surface area (Å²) in [6.45, 7) is 4.89. The Hall–Kier alpha value is -3.21. The van der Waals surface area contributed by atoms with E-state index in [0.29, 0.717) is 5.69 Å². The highest BCUT2D eigenvalue weighted by Gasteiger charge is 2.11. The van der Waals surface area contributed by atoms with Gasteiger partial charge < -0.3 is 10.2 Å². The second-order valence-electron chi connectivity index (χ2n) is 5.95. The van der Waals surface area contributed by atoms with E-state index in [4.69, 9.17) is 0 Å². The average Bonchev–Trinajstić information content (AvgIpc) is 2.63. The Kier molecular flexibility index (Phi) is 5.27. The van der Waals surface area contributed by atoms with Gasteiger partial charge in [-0.15, -0.1) is 0 Å². The maximum absolute atomic E-state index is 13.2. The SMILES string of the molecule is CCN(c1ccc(C(=O)Nc2cccc(F)c2)nc1)c1cccc(C)c1. The lowest BCUT2D eigenvalue weighted by Crippen LogP contribution is -2.18. The number of aryl methyl sites for hydroxylation is 1. The van der Waals surface area contributed by atoms with Gasteiger partial charge in [0.1, 0.15) is 11.5 Å². The third-order valence-corrected chi connectivity index (χ3v) is 4.00. The van der Waals surface area contributed by atoms with Gasteiger partial charge in [-0.2, -0.15) is 0 Å². The number of nitrogens with one attached hydrogen (secondary N) is 1. The van der Waals surface area contributed by atoms with Crippen molar-refractivity contribution in [3.63, 3.8) is 0 Å². The number of hydrogen-bond donors (Lipinski definition) is 1. The monoisotopic (exact) mass is 349 g/mol. The molecule has 0 aliphatic heterocycles. The van der Waals surface area contributed by atoms with Crippen molar-refractivity contribution in [2.75, 3.05) is 16.8 Å². The van der Waals surface area contributed by atoms with Gasteiger partial charge in [0.25, 0.3) is 5.91 Å². The minimum absolute atomic E-state index is 0.276. The van der Waals surface area contributed by atoms with Crippen LogP contribution in [0, 0.1) is 12.7 Å². The first-order chi connectivity index (χ1) is 12.6. The Morgan fingerprint density at radius 1 is 1.08 bits per heavy atom. The number of nitrogens with zero attached hydrogens (tertiary/aromatic N) is 2. The van der Waals surface area contributed by atoms with Crippen molar-refractivity contribution in [3.8, 4) is 0 Å². The van der Waals surface area contributed by atoms with Crippen LogP contribution in [0.15, 0.2) is 66.9 Å². The highest BCUT2D eigenvalue weighted by molar-refractivity contribution is 6.02. The number of anilines is 3. The molecule has 3 rings (SSSR count). The summed E-state index contributed by atoms with van der Waals surface area (Å²) in [6, 6.07) is 17.5. The molecule has 4 nitrogen and oxygen atoms in total. The molecular weight excluding hydrogens is 329 g/mol. The van der Waals surface area contributed by atoms with Gasteiger partial charge >= 0.3 is 0 Å². The van der Waals surface area contributed by atoms with Gasteiger partial charge in [-0.05, 0) is 61.9 Å². The number of pyridine rings is 1. The molecule has 0 aliphatic carbocycles. The molecule has 0 saturated carbocycles. The van der Waals surface area contributed by atoms with E-state index in [1.807, 2.05) is 18.2 Å². The maximum atomic E-state index is 13.2. The van der Waals surface area contributed by atoms with Gasteiger partial charge in [0, 0.05) is 17.9 Å². The van der Waals surface area contributed by atoms with E-state index < -0.39 is 5.82 Å². The quantitative estimate of drug-likeness (QED) is 0.710. The molecule has 0 fully saturated rings. The zero-order valence-corrected chi connectivity index (χ0v) is 14.7. The number of carbonyl (C=O) groups is 1. The van der Waals surface area contributed by atoms with Gasteiger partial charge in [0.05, 0.1) is 11.9 Å². The minimum Gasteiger partial charge on any atom is -0.341 e. The molecule has 0 aliphatic rings. The third kappa shape index (κ3) is 4.06. The number of carbonyl (C=O) groups excluding carboxylic acids is 1. The lowest BCUT2D eigenvalue weighted by Gasteiger charge is -2.23. The second-order valence-corrected chi connectivity index (χ2v) is 5.95. The van der Waals surface area contributed by atoms with Crippen molar-refractivity contribution in [2.45, 2.75) is 13.8 Å². The van der Waals surface area contributed by atoms with Crippen molar-refractivity contribution in [1.82, 2.24) is 4.98 Å². The van der Waals surface area contributed by atoms with E-state index in [9.17, 15) is 9.18 Å². The van der Waals surface area contributed by atoms with Crippen LogP contribution in [0.2, 0.25) is 0 Å². The van der Waals surface area contributed by atoms with Crippen molar-refractivity contribution < 1.29 is 9.18 Å². The zero-order chi connectivity index (χ0) is 18.5. The Morgan fingerprint density at radius 3 is 2.54 bits per heavy atom. The van der Waals surface area contributed by atoms with E-state index in [2.05, 4.69) is 41.2 Å². The molecule has 0 atom stereocenters. The molecule has 132 valence electrons. The molecule has 2 aromatic carbocycles. The fourth-order valence-corrected chi connectivity index (χ4v) is 2.75. The van der Waals surface area contributed by atoms with E-state index in [0.717, 1.165) is 17.9 Å². The van der Waals surface area contributed by atoms with Gasteiger partial charge in [0.15, 0.2) is 0 Å². The lowest BCUT2D eigenvalue weighted by molar-refractivity contribution is 0.102. The molecule has 3 aromatic rings. The van der Waals surface area contributed by atoms with Crippen LogP contribution in [0.25, 0.3) is 0 Å². The summed E-state index contributed by atoms with van der Waals surface area (Å²) in [4.78, 5) is 18.7. The molecular formula is C21H20FN3O. The molecule has 1 N–H and O–H groups in total. The molecule has 1 heterocycles. The van der Waals surface area contributed by atoms with Crippen LogP contribution in [0.4, 0.5) is 21.5 Å². The summed E-state index contributed by atoms with van der Waals surface area (Å²) >= 11 is 0. The minimum atomic E-state index is -0.400. The second kappa shape index (κ2) is 7.78. The number of halogens is 1. The number of aromatic nitrogens is 1. The van der Waals surface area contributed by atoms with Crippen LogP contribution in [-0.4, -0.2) is 17.4 Å². The molecule has 5 heteroatoms. The average molecular weight is 349 g/mol. The van der Waals surface area contributed by atoms with Crippen LogP contribution >= 0.6 is 0 Å². The number of hydrogen-bond acceptors (Lipinski definition) is 3. The predicted molar refractivity (Wildman–Crippen MR) is 102 cm³/mol. The van der Waals surface area contributed by atoms with Gasteiger partial charge in [-0.1, -0.05) is 18.2 Å². The van der Waals surface area contributed by atoms with E-state index in [1.54, 1.807) is 24.4 Å². The Morgan fingerprint density at radius 2 is 1.88 bits per heavy atom. The summed E-state index contributed by atoms with van der Waals surface area (Å²) < 4.78 is 13.2. The van der Waals surface area contributed by atoms with E-state index >= 15 is 0 Å². The van der Waals surface area contributed by atoms with Crippen molar-refractivity contribution in [2.24, 2.45) is 0 Å². The first kappa shape index (κ1) is 17.6. The highest BCUT2D eigenvalue weighted by Crippen LogP contribution is 2.25. The number of amides is 1. The van der Waals surface area contributed by atoms with E-state index in [-0.39, 0.29) is 11.6 Å². The van der Waals surface area contributed by atoms with Crippen LogP contribution in [-0.2, 0) is 0 Å². The highest BCUT2D eigenvalue weighted by atomic mass is 19.1. The standard InChI is InChI=1S/C21H20FN3O/c1-3-25(18-9-4-6-15(2)12-18)19-10-11-20(23-14-19)21(26)24-17-8-5-7-16(22)13-17/h4-14H,3H2,1-2H3,(H,24,26). The van der Waals surface area contributed by atoms with E-state index in [1.165, 1.54) is 17.7 Å². The first-order valence-corrected chi connectivity index (χ1v) is 8.44. The Bertz CT molecular complexity index is 909. The number of benzene rings is 2. The normalized spacial score (nSPS) is 10.4. The molecule has 1 aromatic heterocycles. The fraction of sp³-hybridized carbons (Fsp3) is 0.143.